The summed E-state index contributed by atoms with van der Waals surface area (Å²) in [6.07, 6.45) is 2.77. The van der Waals surface area contributed by atoms with Crippen LogP contribution in [0.4, 0.5) is 0 Å². The number of hydrogen-bond donors (Lipinski definition) is 0. The van der Waals surface area contributed by atoms with Crippen LogP contribution >= 0.6 is 11.3 Å². The van der Waals surface area contributed by atoms with E-state index in [1.165, 1.54) is 39.9 Å². The maximum absolute atomic E-state index is 12.9. The van der Waals surface area contributed by atoms with E-state index in [-0.39, 0.29) is 4.90 Å². The first kappa shape index (κ1) is 24.3. The lowest BCUT2D eigenvalue weighted by Crippen LogP contribution is -2.35. The Bertz CT molecular complexity index is 1380. The molecule has 4 rings (SSSR count). The van der Waals surface area contributed by atoms with Crippen molar-refractivity contribution >= 4 is 43.5 Å². The highest BCUT2D eigenvalue weighted by Crippen LogP contribution is 2.22. The normalized spacial score (nSPS) is 15.5. The molecule has 0 saturated carbocycles. The molecule has 180 valence electrons. The molecular formula is C24H27N3O5S2. The zero-order chi connectivity index (χ0) is 24.3. The number of amides is 1. The van der Waals surface area contributed by atoms with Crippen LogP contribution < -0.4 is 4.80 Å². The molecule has 34 heavy (non-hydrogen) atoms. The summed E-state index contributed by atoms with van der Waals surface area (Å²) in [7, 11) is -3.56. The highest BCUT2D eigenvalue weighted by Gasteiger charge is 2.26. The molecule has 0 unspecified atom stereocenters. The molecule has 1 fully saturated rings. The van der Waals surface area contributed by atoms with E-state index in [1.54, 1.807) is 19.1 Å². The predicted octanol–water partition coefficient (Wildman–Crippen LogP) is 3.82. The number of piperidine rings is 1. The van der Waals surface area contributed by atoms with Crippen LogP contribution in [0, 0.1) is 0 Å². The molecule has 1 amide bonds. The number of rotatable bonds is 6. The van der Waals surface area contributed by atoms with Crippen molar-refractivity contribution in [2.45, 2.75) is 44.6 Å². The number of carbonyl (C=O) groups is 2. The summed E-state index contributed by atoms with van der Waals surface area (Å²) in [5.41, 5.74) is 1.63. The second kappa shape index (κ2) is 10.2. The minimum Gasteiger partial charge on any atom is -0.462 e. The highest BCUT2D eigenvalue weighted by molar-refractivity contribution is 7.89. The molecule has 1 aliphatic rings. The molecule has 1 aromatic heterocycles. The molecule has 0 aliphatic carbocycles. The third-order valence-corrected chi connectivity index (χ3v) is 8.72. The topological polar surface area (TPSA) is 98.0 Å². The van der Waals surface area contributed by atoms with Gasteiger partial charge in [0.1, 0.15) is 0 Å². The van der Waals surface area contributed by atoms with Gasteiger partial charge < -0.3 is 9.30 Å². The van der Waals surface area contributed by atoms with E-state index >= 15 is 0 Å². The molecular weight excluding hydrogens is 474 g/mol. The standard InChI is InChI=1S/C24H27N3O5S2/c1-3-27-20-13-10-18(23(29)32-4-2)16-21(20)33-24(27)25-22(28)17-8-11-19(12-9-17)34(30,31)26-14-6-5-7-15-26/h8-13,16H,3-7,14-15H2,1-2H3. The SMILES string of the molecule is CCOC(=O)c1ccc2c(c1)sc(=NC(=O)c1ccc(S(=O)(=O)N3CCCCC3)cc1)n2CC. The third kappa shape index (κ3) is 4.84. The Labute approximate surface area is 202 Å². The molecule has 1 saturated heterocycles. The largest absolute Gasteiger partial charge is 0.462 e. The van der Waals surface area contributed by atoms with Crippen LogP contribution in [-0.4, -0.2) is 48.9 Å². The van der Waals surface area contributed by atoms with Crippen molar-refractivity contribution in [3.63, 3.8) is 0 Å². The summed E-state index contributed by atoms with van der Waals surface area (Å²) >= 11 is 1.31. The summed E-state index contributed by atoms with van der Waals surface area (Å²) in [6, 6.07) is 11.2. The van der Waals surface area contributed by atoms with Crippen molar-refractivity contribution in [1.29, 1.82) is 0 Å². The number of ether oxygens (including phenoxy) is 1. The van der Waals surface area contributed by atoms with Crippen LogP contribution in [0.5, 0.6) is 0 Å². The molecule has 10 heteroatoms. The van der Waals surface area contributed by atoms with Gasteiger partial charge in [-0.3, -0.25) is 4.79 Å². The molecule has 2 heterocycles. The van der Waals surface area contributed by atoms with Crippen molar-refractivity contribution in [2.75, 3.05) is 19.7 Å². The van der Waals surface area contributed by atoms with Gasteiger partial charge in [-0.25, -0.2) is 13.2 Å². The molecule has 0 radical (unpaired) electrons. The molecule has 0 atom stereocenters. The summed E-state index contributed by atoms with van der Waals surface area (Å²) in [6.45, 7) is 5.65. The van der Waals surface area contributed by atoms with Gasteiger partial charge in [-0.15, -0.1) is 0 Å². The minimum absolute atomic E-state index is 0.183. The molecule has 2 aromatic carbocycles. The quantitative estimate of drug-likeness (QED) is 0.479. The van der Waals surface area contributed by atoms with E-state index in [2.05, 4.69) is 4.99 Å². The fraction of sp³-hybridized carbons (Fsp3) is 0.375. The van der Waals surface area contributed by atoms with Crippen molar-refractivity contribution in [3.05, 3.63) is 58.4 Å². The maximum atomic E-state index is 12.9. The Morgan fingerprint density at radius 2 is 1.68 bits per heavy atom. The number of aryl methyl sites for hydroxylation is 1. The second-order valence-corrected chi connectivity index (χ2v) is 10.9. The summed E-state index contributed by atoms with van der Waals surface area (Å²) in [5, 5.41) is 0. The first-order chi connectivity index (χ1) is 16.3. The van der Waals surface area contributed by atoms with Crippen LogP contribution in [0.15, 0.2) is 52.4 Å². The van der Waals surface area contributed by atoms with E-state index in [1.807, 2.05) is 17.6 Å². The van der Waals surface area contributed by atoms with Gasteiger partial charge >= 0.3 is 5.97 Å². The number of aromatic nitrogens is 1. The lowest BCUT2D eigenvalue weighted by molar-refractivity contribution is 0.0526. The van der Waals surface area contributed by atoms with Crippen molar-refractivity contribution in [2.24, 2.45) is 4.99 Å². The van der Waals surface area contributed by atoms with Gasteiger partial charge in [0.05, 0.1) is 27.3 Å². The van der Waals surface area contributed by atoms with Crippen molar-refractivity contribution < 1.29 is 22.7 Å². The molecule has 1 aliphatic heterocycles. The number of esters is 1. The van der Waals surface area contributed by atoms with Crippen LogP contribution in [0.3, 0.4) is 0 Å². The third-order valence-electron chi connectivity index (χ3n) is 5.76. The molecule has 8 nitrogen and oxygen atoms in total. The van der Waals surface area contributed by atoms with Crippen LogP contribution in [0.1, 0.15) is 53.8 Å². The Morgan fingerprint density at radius 1 is 1.00 bits per heavy atom. The van der Waals surface area contributed by atoms with Crippen LogP contribution in [0.2, 0.25) is 0 Å². The van der Waals surface area contributed by atoms with Gasteiger partial charge in [0.25, 0.3) is 5.91 Å². The number of fused-ring (bicyclic) bond motifs is 1. The first-order valence-corrected chi connectivity index (χ1v) is 13.6. The van der Waals surface area contributed by atoms with E-state index in [0.717, 1.165) is 29.5 Å². The maximum Gasteiger partial charge on any atom is 0.338 e. The van der Waals surface area contributed by atoms with Crippen molar-refractivity contribution in [3.8, 4) is 0 Å². The average molecular weight is 502 g/mol. The monoisotopic (exact) mass is 501 g/mol. The molecule has 3 aromatic rings. The Kier molecular flexibility index (Phi) is 7.30. The fourth-order valence-electron chi connectivity index (χ4n) is 3.98. The van der Waals surface area contributed by atoms with Gasteiger partial charge in [0.15, 0.2) is 4.80 Å². The van der Waals surface area contributed by atoms with Crippen LogP contribution in [-0.2, 0) is 21.3 Å². The highest BCUT2D eigenvalue weighted by atomic mass is 32.2. The lowest BCUT2D eigenvalue weighted by atomic mass is 10.2. The van der Waals surface area contributed by atoms with Gasteiger partial charge in [-0.2, -0.15) is 9.30 Å². The molecule has 0 spiro atoms. The summed E-state index contributed by atoms with van der Waals surface area (Å²) in [4.78, 5) is 29.9. The number of benzene rings is 2. The molecule has 0 N–H and O–H groups in total. The predicted molar refractivity (Wildman–Crippen MR) is 130 cm³/mol. The Morgan fingerprint density at radius 3 is 2.32 bits per heavy atom. The first-order valence-electron chi connectivity index (χ1n) is 11.3. The Balaban J connectivity index is 1.63. The molecule has 0 bridgehead atoms. The zero-order valence-electron chi connectivity index (χ0n) is 19.2. The fourth-order valence-corrected chi connectivity index (χ4v) is 6.63. The zero-order valence-corrected chi connectivity index (χ0v) is 20.8. The summed E-state index contributed by atoms with van der Waals surface area (Å²) in [5.74, 6) is -0.851. The van der Waals surface area contributed by atoms with Crippen molar-refractivity contribution in [1.82, 2.24) is 8.87 Å². The van der Waals surface area contributed by atoms with E-state index in [0.29, 0.717) is 42.2 Å². The van der Waals surface area contributed by atoms with E-state index in [4.69, 9.17) is 4.74 Å². The van der Waals surface area contributed by atoms with Gasteiger partial charge in [0, 0.05) is 25.2 Å². The lowest BCUT2D eigenvalue weighted by Gasteiger charge is -2.25. The summed E-state index contributed by atoms with van der Waals surface area (Å²) < 4.78 is 35.0. The number of carbonyl (C=O) groups excluding carboxylic acids is 2. The number of hydrogen-bond acceptors (Lipinski definition) is 6. The number of nitrogens with zero attached hydrogens (tertiary/aromatic N) is 3. The smallest absolute Gasteiger partial charge is 0.338 e. The van der Waals surface area contributed by atoms with Gasteiger partial charge in [-0.05, 0) is 69.2 Å². The second-order valence-electron chi connectivity index (χ2n) is 7.94. The number of thiazole rings is 1. The van der Waals surface area contributed by atoms with Gasteiger partial charge in [0.2, 0.25) is 10.0 Å². The van der Waals surface area contributed by atoms with E-state index < -0.39 is 21.9 Å². The van der Waals surface area contributed by atoms with Crippen LogP contribution in [0.25, 0.3) is 10.2 Å². The Hall–Kier alpha value is -2.82. The minimum atomic E-state index is -3.56. The average Bonchev–Trinajstić information content (AvgIpc) is 3.20. The number of sulfonamides is 1. The van der Waals surface area contributed by atoms with E-state index in [9.17, 15) is 18.0 Å². The van der Waals surface area contributed by atoms with Gasteiger partial charge in [-0.1, -0.05) is 17.8 Å².